The van der Waals surface area contributed by atoms with E-state index in [4.69, 9.17) is 4.74 Å². The molecule has 1 N–H and O–H groups in total. The molecule has 1 heterocycles. The number of nitrogens with zero attached hydrogens (tertiary/aromatic N) is 1. The molecule has 0 unspecified atom stereocenters. The average Bonchev–Trinajstić information content (AvgIpc) is 2.52. The van der Waals surface area contributed by atoms with Crippen molar-refractivity contribution in [2.24, 2.45) is 5.92 Å². The molecule has 0 aromatic heterocycles. The van der Waals surface area contributed by atoms with E-state index >= 15 is 0 Å². The van der Waals surface area contributed by atoms with Crippen LogP contribution < -0.4 is 10.2 Å². The van der Waals surface area contributed by atoms with Gasteiger partial charge in [0.25, 0.3) is 0 Å². The van der Waals surface area contributed by atoms with Crippen LogP contribution in [0.1, 0.15) is 32.3 Å². The van der Waals surface area contributed by atoms with E-state index in [-0.39, 0.29) is 11.8 Å². The number of benzene rings is 1. The van der Waals surface area contributed by atoms with Crippen molar-refractivity contribution in [3.05, 3.63) is 23.8 Å². The Labute approximate surface area is 127 Å². The standard InChI is InChI=1S/C17H26N2O2/c1-4-19(5-2)15-6-7-16(13(3)12-15)18-17(20)14-8-10-21-11-9-14/h6-7,12,14H,4-5,8-11H2,1-3H3,(H,18,20). The Balaban J connectivity index is 2.05. The summed E-state index contributed by atoms with van der Waals surface area (Å²) in [6, 6.07) is 6.24. The molecule has 1 saturated heterocycles. The van der Waals surface area contributed by atoms with Gasteiger partial charge in [0.05, 0.1) is 0 Å². The van der Waals surface area contributed by atoms with Crippen molar-refractivity contribution in [1.82, 2.24) is 0 Å². The van der Waals surface area contributed by atoms with Gasteiger partial charge in [-0.3, -0.25) is 4.79 Å². The third kappa shape index (κ3) is 3.97. The van der Waals surface area contributed by atoms with Gasteiger partial charge in [0, 0.05) is 43.6 Å². The molecule has 4 nitrogen and oxygen atoms in total. The Morgan fingerprint density at radius 2 is 1.95 bits per heavy atom. The van der Waals surface area contributed by atoms with E-state index in [9.17, 15) is 4.79 Å². The maximum atomic E-state index is 12.3. The van der Waals surface area contributed by atoms with E-state index in [1.165, 1.54) is 5.69 Å². The largest absolute Gasteiger partial charge is 0.381 e. The van der Waals surface area contributed by atoms with Crippen LogP contribution in [0.25, 0.3) is 0 Å². The molecule has 0 saturated carbocycles. The van der Waals surface area contributed by atoms with E-state index in [0.717, 1.165) is 37.2 Å². The van der Waals surface area contributed by atoms with Crippen molar-refractivity contribution in [3.8, 4) is 0 Å². The minimum atomic E-state index is 0.0839. The molecule has 1 fully saturated rings. The number of amides is 1. The molecule has 21 heavy (non-hydrogen) atoms. The molecular formula is C17H26N2O2. The van der Waals surface area contributed by atoms with E-state index < -0.39 is 0 Å². The van der Waals surface area contributed by atoms with Crippen molar-refractivity contribution in [2.45, 2.75) is 33.6 Å². The number of anilines is 2. The number of rotatable bonds is 5. The molecule has 0 atom stereocenters. The van der Waals surface area contributed by atoms with Gasteiger partial charge in [0.15, 0.2) is 0 Å². The van der Waals surface area contributed by atoms with Crippen molar-refractivity contribution >= 4 is 17.3 Å². The van der Waals surface area contributed by atoms with E-state index in [1.54, 1.807) is 0 Å². The average molecular weight is 290 g/mol. The van der Waals surface area contributed by atoms with Gasteiger partial charge >= 0.3 is 0 Å². The maximum Gasteiger partial charge on any atom is 0.227 e. The lowest BCUT2D eigenvalue weighted by Gasteiger charge is -2.24. The van der Waals surface area contributed by atoms with Crippen LogP contribution >= 0.6 is 0 Å². The van der Waals surface area contributed by atoms with Crippen LogP contribution in [0.5, 0.6) is 0 Å². The fourth-order valence-electron chi connectivity index (χ4n) is 2.77. The highest BCUT2D eigenvalue weighted by atomic mass is 16.5. The van der Waals surface area contributed by atoms with Crippen LogP contribution in [0.15, 0.2) is 18.2 Å². The lowest BCUT2D eigenvalue weighted by molar-refractivity contribution is -0.122. The molecule has 2 rings (SSSR count). The number of hydrogen-bond donors (Lipinski definition) is 1. The van der Waals surface area contributed by atoms with Gasteiger partial charge in [-0.1, -0.05) is 0 Å². The van der Waals surface area contributed by atoms with Gasteiger partial charge in [0.1, 0.15) is 0 Å². The molecule has 0 aliphatic carbocycles. The Bertz CT molecular complexity index is 478. The molecule has 1 aliphatic rings. The Kier molecular flexibility index (Phi) is 5.62. The number of carbonyl (C=O) groups excluding carboxylic acids is 1. The molecule has 0 spiro atoms. The van der Waals surface area contributed by atoms with Crippen LogP contribution in [0.2, 0.25) is 0 Å². The molecule has 0 radical (unpaired) electrons. The summed E-state index contributed by atoms with van der Waals surface area (Å²) in [5.74, 6) is 0.206. The summed E-state index contributed by atoms with van der Waals surface area (Å²) in [4.78, 5) is 14.6. The summed E-state index contributed by atoms with van der Waals surface area (Å²) >= 11 is 0. The molecule has 116 valence electrons. The van der Waals surface area contributed by atoms with Crippen molar-refractivity contribution in [3.63, 3.8) is 0 Å². The second-order valence-corrected chi connectivity index (χ2v) is 5.55. The number of ether oxygens (including phenoxy) is 1. The predicted octanol–water partition coefficient (Wildman–Crippen LogP) is 3.21. The molecular weight excluding hydrogens is 264 g/mol. The molecule has 1 aromatic rings. The summed E-state index contributed by atoms with van der Waals surface area (Å²) in [5.41, 5.74) is 3.24. The first kappa shape index (κ1) is 15.8. The van der Waals surface area contributed by atoms with Gasteiger partial charge in [-0.15, -0.1) is 0 Å². The number of hydrogen-bond acceptors (Lipinski definition) is 3. The first-order valence-electron chi connectivity index (χ1n) is 7.89. The van der Waals surface area contributed by atoms with Crippen LogP contribution in [0, 0.1) is 12.8 Å². The molecule has 1 aliphatic heterocycles. The minimum Gasteiger partial charge on any atom is -0.381 e. The Hall–Kier alpha value is -1.55. The van der Waals surface area contributed by atoms with Crippen LogP contribution in [0.4, 0.5) is 11.4 Å². The van der Waals surface area contributed by atoms with Gasteiger partial charge in [0.2, 0.25) is 5.91 Å². The fraction of sp³-hybridized carbons (Fsp3) is 0.588. The number of aryl methyl sites for hydroxylation is 1. The van der Waals surface area contributed by atoms with E-state index in [0.29, 0.717) is 13.2 Å². The maximum absolute atomic E-state index is 12.3. The summed E-state index contributed by atoms with van der Waals surface area (Å²) in [6.45, 7) is 9.72. The third-order valence-corrected chi connectivity index (χ3v) is 4.19. The lowest BCUT2D eigenvalue weighted by atomic mass is 9.99. The van der Waals surface area contributed by atoms with Crippen molar-refractivity contribution < 1.29 is 9.53 Å². The first-order valence-corrected chi connectivity index (χ1v) is 7.89. The first-order chi connectivity index (χ1) is 10.2. The lowest BCUT2D eigenvalue weighted by Crippen LogP contribution is -2.28. The summed E-state index contributed by atoms with van der Waals surface area (Å²) in [7, 11) is 0. The Morgan fingerprint density at radius 1 is 1.29 bits per heavy atom. The Morgan fingerprint density at radius 3 is 2.52 bits per heavy atom. The second kappa shape index (κ2) is 7.46. The highest BCUT2D eigenvalue weighted by molar-refractivity contribution is 5.93. The third-order valence-electron chi connectivity index (χ3n) is 4.19. The summed E-state index contributed by atoms with van der Waals surface area (Å²) < 4.78 is 5.31. The SMILES string of the molecule is CCN(CC)c1ccc(NC(=O)C2CCOCC2)c(C)c1. The monoisotopic (exact) mass is 290 g/mol. The summed E-state index contributed by atoms with van der Waals surface area (Å²) in [6.07, 6.45) is 1.64. The van der Waals surface area contributed by atoms with Crippen LogP contribution in [0.3, 0.4) is 0 Å². The number of nitrogens with one attached hydrogen (secondary N) is 1. The van der Waals surface area contributed by atoms with Crippen LogP contribution in [-0.4, -0.2) is 32.2 Å². The van der Waals surface area contributed by atoms with Gasteiger partial charge in [-0.05, 0) is 57.4 Å². The highest BCUT2D eigenvalue weighted by Gasteiger charge is 2.22. The molecule has 1 aromatic carbocycles. The normalized spacial score (nSPS) is 15.8. The van der Waals surface area contributed by atoms with Crippen molar-refractivity contribution in [1.29, 1.82) is 0 Å². The van der Waals surface area contributed by atoms with Gasteiger partial charge < -0.3 is 15.0 Å². The molecule has 4 heteroatoms. The van der Waals surface area contributed by atoms with Crippen molar-refractivity contribution in [2.75, 3.05) is 36.5 Å². The number of carbonyl (C=O) groups is 1. The topological polar surface area (TPSA) is 41.6 Å². The quantitative estimate of drug-likeness (QED) is 0.905. The summed E-state index contributed by atoms with van der Waals surface area (Å²) in [5, 5.41) is 3.07. The zero-order chi connectivity index (χ0) is 15.2. The zero-order valence-electron chi connectivity index (χ0n) is 13.3. The van der Waals surface area contributed by atoms with Gasteiger partial charge in [-0.25, -0.2) is 0 Å². The minimum absolute atomic E-state index is 0.0839. The zero-order valence-corrected chi connectivity index (χ0v) is 13.3. The molecule has 0 bridgehead atoms. The second-order valence-electron chi connectivity index (χ2n) is 5.55. The molecule has 1 amide bonds. The van der Waals surface area contributed by atoms with Crippen LogP contribution in [-0.2, 0) is 9.53 Å². The van der Waals surface area contributed by atoms with E-state index in [2.05, 4.69) is 36.2 Å². The van der Waals surface area contributed by atoms with E-state index in [1.807, 2.05) is 13.0 Å². The smallest absolute Gasteiger partial charge is 0.227 e. The fourth-order valence-corrected chi connectivity index (χ4v) is 2.77. The predicted molar refractivity (Wildman–Crippen MR) is 86.9 cm³/mol. The highest BCUT2D eigenvalue weighted by Crippen LogP contribution is 2.24. The van der Waals surface area contributed by atoms with Gasteiger partial charge in [-0.2, -0.15) is 0 Å².